The van der Waals surface area contributed by atoms with Crippen molar-refractivity contribution >= 4 is 13.6 Å². The fourth-order valence-electron chi connectivity index (χ4n) is 0.572. The molecule has 76 valence electrons. The van der Waals surface area contributed by atoms with Crippen LogP contribution < -0.4 is 0 Å². The number of carbonyl (C=O) groups is 1. The zero-order chi connectivity index (χ0) is 10.6. The van der Waals surface area contributed by atoms with Gasteiger partial charge in [-0.25, -0.2) is 4.79 Å². The first-order chi connectivity index (χ1) is 5.75. The highest BCUT2D eigenvalue weighted by Gasteiger charge is 2.22. The van der Waals surface area contributed by atoms with E-state index in [1.165, 1.54) is 19.9 Å². The molecular weight excluding hydrogens is 195 g/mol. The molecule has 1 unspecified atom stereocenters. The molecule has 0 saturated carbocycles. The molecular formula is C7H13O5P. The van der Waals surface area contributed by atoms with Gasteiger partial charge in [-0.1, -0.05) is 13.0 Å². The van der Waals surface area contributed by atoms with Crippen LogP contribution >= 0.6 is 7.60 Å². The molecule has 0 spiro atoms. The minimum atomic E-state index is -4.08. The van der Waals surface area contributed by atoms with Crippen molar-refractivity contribution in [3.63, 3.8) is 0 Å². The highest BCUT2D eigenvalue weighted by molar-refractivity contribution is 7.52. The Bertz CT molecular complexity index is 264. The van der Waals surface area contributed by atoms with Crippen LogP contribution in [0, 0.1) is 0 Å². The highest BCUT2D eigenvalue weighted by Crippen LogP contribution is 2.42. The van der Waals surface area contributed by atoms with Crippen LogP contribution in [0.5, 0.6) is 0 Å². The third-order valence-electron chi connectivity index (χ3n) is 1.68. The second-order valence-electron chi connectivity index (χ2n) is 2.87. The van der Waals surface area contributed by atoms with Gasteiger partial charge in [0.25, 0.3) is 0 Å². The maximum absolute atomic E-state index is 10.6. The summed E-state index contributed by atoms with van der Waals surface area (Å²) in [7, 11) is -4.08. The van der Waals surface area contributed by atoms with Crippen LogP contribution in [0.1, 0.15) is 20.3 Å². The summed E-state index contributed by atoms with van der Waals surface area (Å²) in [6, 6.07) is 0. The second-order valence-corrected chi connectivity index (χ2v) is 4.93. The lowest BCUT2D eigenvalue weighted by Crippen LogP contribution is -2.03. The quantitative estimate of drug-likeness (QED) is 0.472. The molecule has 0 fully saturated rings. The molecule has 0 aromatic heterocycles. The predicted molar refractivity (Wildman–Crippen MR) is 47.5 cm³/mol. The predicted octanol–water partition coefficient (Wildman–Crippen LogP) is 0.974. The Balaban J connectivity index is 4.26. The minimum absolute atomic E-state index is 0.0718. The van der Waals surface area contributed by atoms with Gasteiger partial charge in [0.05, 0.1) is 5.66 Å². The average molecular weight is 208 g/mol. The van der Waals surface area contributed by atoms with E-state index in [2.05, 4.69) is 0 Å². The Morgan fingerprint density at radius 1 is 1.54 bits per heavy atom. The van der Waals surface area contributed by atoms with Gasteiger partial charge in [-0.05, 0) is 13.3 Å². The van der Waals surface area contributed by atoms with Gasteiger partial charge in [0.2, 0.25) is 0 Å². The number of rotatable bonds is 4. The van der Waals surface area contributed by atoms with Gasteiger partial charge in [-0.3, -0.25) is 4.57 Å². The zero-order valence-electron chi connectivity index (χ0n) is 7.47. The maximum Gasteiger partial charge on any atom is 0.330 e. The van der Waals surface area contributed by atoms with Gasteiger partial charge in [-0.15, -0.1) is 0 Å². The van der Waals surface area contributed by atoms with Crippen molar-refractivity contribution in [2.45, 2.75) is 25.9 Å². The van der Waals surface area contributed by atoms with E-state index in [0.29, 0.717) is 0 Å². The van der Waals surface area contributed by atoms with E-state index in [-0.39, 0.29) is 12.0 Å². The molecule has 5 nitrogen and oxygen atoms in total. The molecule has 0 saturated heterocycles. The monoisotopic (exact) mass is 208 g/mol. The van der Waals surface area contributed by atoms with Gasteiger partial charge in [0.1, 0.15) is 0 Å². The molecule has 0 aliphatic carbocycles. The number of aliphatic carboxylic acids is 1. The molecule has 0 heterocycles. The van der Waals surface area contributed by atoms with Gasteiger partial charge >= 0.3 is 13.6 Å². The van der Waals surface area contributed by atoms with Crippen LogP contribution in [0.4, 0.5) is 0 Å². The van der Waals surface area contributed by atoms with E-state index in [1.807, 2.05) is 0 Å². The molecule has 13 heavy (non-hydrogen) atoms. The first-order valence-corrected chi connectivity index (χ1v) is 5.38. The van der Waals surface area contributed by atoms with Gasteiger partial charge < -0.3 is 14.9 Å². The Morgan fingerprint density at radius 2 is 2.00 bits per heavy atom. The smallest absolute Gasteiger partial charge is 0.330 e. The summed E-state index contributed by atoms with van der Waals surface area (Å²) in [5, 5.41) is 8.44. The van der Waals surface area contributed by atoms with E-state index in [4.69, 9.17) is 14.9 Å². The van der Waals surface area contributed by atoms with Crippen molar-refractivity contribution in [2.24, 2.45) is 0 Å². The first-order valence-electron chi connectivity index (χ1n) is 3.70. The number of hydrogen-bond donors (Lipinski definition) is 3. The summed E-state index contributed by atoms with van der Waals surface area (Å²) >= 11 is 0. The lowest BCUT2D eigenvalue weighted by molar-refractivity contribution is -0.132. The fraction of sp³-hybridized carbons (Fsp3) is 0.571. The molecule has 1 atom stereocenters. The molecule has 0 radical (unpaired) electrons. The molecule has 0 rings (SSSR count). The van der Waals surface area contributed by atoms with Crippen LogP contribution in [-0.2, 0) is 9.36 Å². The first kappa shape index (κ1) is 12.4. The molecule has 0 aromatic carbocycles. The molecule has 0 aliphatic rings. The van der Waals surface area contributed by atoms with Crippen molar-refractivity contribution in [3.8, 4) is 0 Å². The summed E-state index contributed by atoms with van der Waals surface area (Å²) in [5.41, 5.74) is -0.734. The third kappa shape index (κ3) is 4.83. The van der Waals surface area contributed by atoms with Crippen molar-refractivity contribution in [2.75, 3.05) is 0 Å². The minimum Gasteiger partial charge on any atom is -0.478 e. The molecule has 0 amide bonds. The van der Waals surface area contributed by atoms with Crippen molar-refractivity contribution < 1.29 is 24.3 Å². The SMILES string of the molecule is CC(=CCC(C)P(=O)(O)O)C(=O)O. The van der Waals surface area contributed by atoms with Crippen LogP contribution in [0.15, 0.2) is 11.6 Å². The van der Waals surface area contributed by atoms with Crippen LogP contribution in [-0.4, -0.2) is 26.5 Å². The molecule has 0 bridgehead atoms. The number of hydrogen-bond acceptors (Lipinski definition) is 2. The van der Waals surface area contributed by atoms with Crippen LogP contribution in [0.25, 0.3) is 0 Å². The summed E-state index contributed by atoms with van der Waals surface area (Å²) in [6.45, 7) is 2.77. The van der Waals surface area contributed by atoms with Crippen LogP contribution in [0.3, 0.4) is 0 Å². The summed E-state index contributed by atoms with van der Waals surface area (Å²) in [4.78, 5) is 27.6. The number of allylic oxidation sites excluding steroid dienone is 1. The third-order valence-corrected chi connectivity index (χ3v) is 3.04. The Kier molecular flexibility index (Phi) is 4.33. The van der Waals surface area contributed by atoms with E-state index in [9.17, 15) is 9.36 Å². The van der Waals surface area contributed by atoms with Crippen LogP contribution in [0.2, 0.25) is 0 Å². The average Bonchev–Trinajstić information content (AvgIpc) is 1.97. The van der Waals surface area contributed by atoms with E-state index < -0.39 is 19.2 Å². The highest BCUT2D eigenvalue weighted by atomic mass is 31.2. The maximum atomic E-state index is 10.6. The Morgan fingerprint density at radius 3 is 2.31 bits per heavy atom. The second kappa shape index (κ2) is 4.56. The van der Waals surface area contributed by atoms with Crippen molar-refractivity contribution in [1.82, 2.24) is 0 Å². The standard InChI is InChI=1S/C7H13O5P/c1-5(7(8)9)3-4-6(2)13(10,11)12/h3,6H,4H2,1-2H3,(H,8,9)(H2,10,11,12). The molecule has 6 heteroatoms. The largest absolute Gasteiger partial charge is 0.478 e. The van der Waals surface area contributed by atoms with Crippen molar-refractivity contribution in [1.29, 1.82) is 0 Å². The van der Waals surface area contributed by atoms with Gasteiger partial charge in [-0.2, -0.15) is 0 Å². The van der Waals surface area contributed by atoms with Gasteiger partial charge in [0, 0.05) is 5.57 Å². The normalized spacial score (nSPS) is 15.5. The Labute approximate surface area is 76.2 Å². The topological polar surface area (TPSA) is 94.8 Å². The van der Waals surface area contributed by atoms with E-state index in [1.54, 1.807) is 0 Å². The fourth-order valence-corrected chi connectivity index (χ4v) is 0.952. The molecule has 0 aromatic rings. The number of carboxylic acids is 1. The Hall–Kier alpha value is -0.640. The zero-order valence-corrected chi connectivity index (χ0v) is 8.36. The lowest BCUT2D eigenvalue weighted by atomic mass is 10.2. The van der Waals surface area contributed by atoms with Gasteiger partial charge in [0.15, 0.2) is 0 Å². The summed E-state index contributed by atoms with van der Waals surface area (Å²) in [6.07, 6.45) is 1.38. The molecule has 3 N–H and O–H groups in total. The number of carboxylic acid groups (broad SMARTS) is 1. The van der Waals surface area contributed by atoms with Crippen molar-refractivity contribution in [3.05, 3.63) is 11.6 Å². The molecule has 0 aliphatic heterocycles. The van der Waals surface area contributed by atoms with E-state index in [0.717, 1.165) is 0 Å². The summed E-state index contributed by atoms with van der Waals surface area (Å²) in [5.74, 6) is -1.07. The summed E-state index contributed by atoms with van der Waals surface area (Å²) < 4.78 is 10.6. The lowest BCUT2D eigenvalue weighted by Gasteiger charge is -2.10. The van der Waals surface area contributed by atoms with E-state index >= 15 is 0 Å².